The van der Waals surface area contributed by atoms with Crippen LogP contribution in [-0.2, 0) is 18.4 Å². The summed E-state index contributed by atoms with van der Waals surface area (Å²) in [4.78, 5) is 0. The number of allylic oxidation sites excluding steroid dienone is 16. The Kier molecular flexibility index (Phi) is 5.82. The molecule has 0 saturated carbocycles. The van der Waals surface area contributed by atoms with E-state index in [9.17, 15) is 0 Å². The van der Waals surface area contributed by atoms with Crippen LogP contribution >= 0.6 is 0 Å². The van der Waals surface area contributed by atoms with E-state index in [4.69, 9.17) is 0 Å². The van der Waals surface area contributed by atoms with Gasteiger partial charge in [-0.1, -0.05) is 0 Å². The third-order valence-corrected chi connectivity index (χ3v) is 12.3. The zero-order valence-corrected chi connectivity index (χ0v) is 16.1. The zero-order chi connectivity index (χ0) is 15.7. The molecule has 1 aromatic rings. The molecule has 0 radical (unpaired) electrons. The van der Waals surface area contributed by atoms with E-state index >= 15 is 0 Å². The fraction of sp³-hybridized carbons (Fsp3) is 0. The Labute approximate surface area is 145 Å². The van der Waals surface area contributed by atoms with Crippen LogP contribution in [0, 0.1) is 0 Å². The van der Waals surface area contributed by atoms with Crippen molar-refractivity contribution in [2.45, 2.75) is 0 Å². The van der Waals surface area contributed by atoms with E-state index in [0.29, 0.717) is 0 Å². The molecule has 1 aromatic carbocycles. The molecule has 3 rings (SSSR count). The van der Waals surface area contributed by atoms with E-state index in [0.717, 1.165) is 0 Å². The van der Waals surface area contributed by atoms with Crippen molar-refractivity contribution in [3.8, 4) is 0 Å². The Morgan fingerprint density at radius 1 is 0.478 bits per heavy atom. The summed E-state index contributed by atoms with van der Waals surface area (Å²) < 4.78 is 4.48. The van der Waals surface area contributed by atoms with Crippen molar-refractivity contribution in [1.82, 2.24) is 0 Å². The van der Waals surface area contributed by atoms with Crippen LogP contribution in [0.5, 0.6) is 0 Å². The molecular weight excluding hydrogens is 445 g/mol. The predicted molar refractivity (Wildman–Crippen MR) is 97.1 cm³/mol. The van der Waals surface area contributed by atoms with Gasteiger partial charge in [-0.15, -0.1) is 0 Å². The standard InChI is InChI=1S/2C8H7.C6H5.Ta/c2*1-2-4-6-8-7-5-3-1;1-2-4-6-5-3-1;/h2*1-7H;1-5H;. The van der Waals surface area contributed by atoms with Gasteiger partial charge in [0.2, 0.25) is 0 Å². The molecule has 1 heteroatoms. The van der Waals surface area contributed by atoms with Gasteiger partial charge in [0.05, 0.1) is 0 Å². The summed E-state index contributed by atoms with van der Waals surface area (Å²) in [5.74, 6) is 0. The van der Waals surface area contributed by atoms with Gasteiger partial charge in [0.15, 0.2) is 0 Å². The van der Waals surface area contributed by atoms with Crippen LogP contribution in [0.25, 0.3) is 0 Å². The predicted octanol–water partition coefficient (Wildman–Crippen LogP) is 5.06. The van der Waals surface area contributed by atoms with E-state index in [1.54, 1.807) is 0 Å². The van der Waals surface area contributed by atoms with Gasteiger partial charge in [-0.3, -0.25) is 0 Å². The third kappa shape index (κ3) is 4.43. The normalized spacial score (nSPS) is 16.6. The van der Waals surface area contributed by atoms with E-state index in [1.165, 1.54) is 11.4 Å². The van der Waals surface area contributed by atoms with E-state index in [-0.39, 0.29) is 0 Å². The molecule has 0 fully saturated rings. The number of hydrogen-bond donors (Lipinski definition) is 0. The van der Waals surface area contributed by atoms with Gasteiger partial charge in [0.1, 0.15) is 0 Å². The van der Waals surface area contributed by atoms with Crippen LogP contribution in [0.15, 0.2) is 123 Å². The average molecular weight is 464 g/mol. The molecule has 0 nitrogen and oxygen atoms in total. The Morgan fingerprint density at radius 3 is 1.52 bits per heavy atom. The van der Waals surface area contributed by atoms with Crippen molar-refractivity contribution in [3.05, 3.63) is 123 Å². The van der Waals surface area contributed by atoms with Gasteiger partial charge >= 0.3 is 145 Å². The van der Waals surface area contributed by atoms with Crippen LogP contribution in [0.1, 0.15) is 0 Å². The summed E-state index contributed by atoms with van der Waals surface area (Å²) in [6.45, 7) is 0. The Hall–Kier alpha value is -2.12. The van der Waals surface area contributed by atoms with Crippen molar-refractivity contribution in [3.63, 3.8) is 0 Å². The molecular formula is C22H19Ta. The summed E-state index contributed by atoms with van der Waals surface area (Å²) >= 11 is -2.26. The molecule has 2 aliphatic carbocycles. The van der Waals surface area contributed by atoms with E-state index in [2.05, 4.69) is 115 Å². The maximum atomic E-state index is 2.29. The van der Waals surface area contributed by atoms with E-state index < -0.39 is 18.4 Å². The zero-order valence-electron chi connectivity index (χ0n) is 12.9. The molecule has 0 unspecified atom stereocenters. The fourth-order valence-electron chi connectivity index (χ4n) is 2.44. The topological polar surface area (TPSA) is 0 Å². The van der Waals surface area contributed by atoms with Crippen LogP contribution in [0.2, 0.25) is 0 Å². The molecule has 0 N–H and O–H groups in total. The van der Waals surface area contributed by atoms with Gasteiger partial charge in [0.25, 0.3) is 0 Å². The molecule has 0 saturated heterocycles. The first-order valence-corrected chi connectivity index (χ1v) is 12.6. The van der Waals surface area contributed by atoms with Crippen LogP contribution in [-0.4, -0.2) is 0 Å². The second kappa shape index (κ2) is 8.50. The van der Waals surface area contributed by atoms with Crippen LogP contribution < -0.4 is 3.78 Å². The molecule has 2 aliphatic rings. The average Bonchev–Trinajstić information content (AvgIpc) is 2.52. The molecule has 112 valence electrons. The monoisotopic (exact) mass is 464 g/mol. The molecule has 0 bridgehead atoms. The van der Waals surface area contributed by atoms with Crippen LogP contribution in [0.4, 0.5) is 0 Å². The molecule has 0 atom stereocenters. The van der Waals surface area contributed by atoms with Crippen molar-refractivity contribution < 1.29 is 18.4 Å². The van der Waals surface area contributed by atoms with Gasteiger partial charge < -0.3 is 0 Å². The first-order chi connectivity index (χ1) is 11.4. The quantitative estimate of drug-likeness (QED) is 0.587. The fourth-order valence-corrected chi connectivity index (χ4v) is 10.7. The molecule has 0 spiro atoms. The first kappa shape index (κ1) is 15.8. The number of rotatable bonds is 3. The molecule has 0 heterocycles. The molecule has 0 aliphatic heterocycles. The van der Waals surface area contributed by atoms with Gasteiger partial charge in [-0.2, -0.15) is 0 Å². The summed E-state index contributed by atoms with van der Waals surface area (Å²) in [7, 11) is 0. The molecule has 23 heavy (non-hydrogen) atoms. The second-order valence-corrected chi connectivity index (χ2v) is 13.1. The molecule has 0 aromatic heterocycles. The van der Waals surface area contributed by atoms with Gasteiger partial charge in [-0.05, 0) is 0 Å². The van der Waals surface area contributed by atoms with E-state index in [1.807, 2.05) is 0 Å². The SMILES string of the molecule is C1=CC=C[C]([Ta]([C]2=CC=CC=CC=C2)[c]2ccccc2)=CC=C1. The summed E-state index contributed by atoms with van der Waals surface area (Å²) in [6.07, 6.45) is 30.3. The molecule has 0 amide bonds. The summed E-state index contributed by atoms with van der Waals surface area (Å²) in [5, 5.41) is 0. The Morgan fingerprint density at radius 2 is 0.957 bits per heavy atom. The first-order valence-electron chi connectivity index (χ1n) is 7.74. The summed E-state index contributed by atoms with van der Waals surface area (Å²) in [5.41, 5.74) is 0. The summed E-state index contributed by atoms with van der Waals surface area (Å²) in [6, 6.07) is 11.0. The third-order valence-electron chi connectivity index (χ3n) is 3.49. The second-order valence-electron chi connectivity index (χ2n) is 5.11. The van der Waals surface area contributed by atoms with Crippen molar-refractivity contribution >= 4 is 3.78 Å². The van der Waals surface area contributed by atoms with Crippen molar-refractivity contribution in [2.24, 2.45) is 0 Å². The minimum absolute atomic E-state index is 1.49. The van der Waals surface area contributed by atoms with Crippen LogP contribution in [0.3, 0.4) is 0 Å². The van der Waals surface area contributed by atoms with Crippen molar-refractivity contribution in [1.29, 1.82) is 0 Å². The van der Waals surface area contributed by atoms with Gasteiger partial charge in [-0.25, -0.2) is 0 Å². The number of hydrogen-bond acceptors (Lipinski definition) is 0. The number of benzene rings is 1. The maximum absolute atomic E-state index is 2.29. The van der Waals surface area contributed by atoms with Crippen molar-refractivity contribution in [2.75, 3.05) is 0 Å². The minimum atomic E-state index is -2.26. The Balaban J connectivity index is 2.07. The Bertz CT molecular complexity index is 717. The van der Waals surface area contributed by atoms with Gasteiger partial charge in [0, 0.05) is 0 Å².